The maximum Gasteiger partial charge on any atom is 0.331 e. The Labute approximate surface area is 193 Å². The number of imidazole rings is 1. The van der Waals surface area contributed by atoms with E-state index in [4.69, 9.17) is 4.74 Å². The highest BCUT2D eigenvalue weighted by Gasteiger charge is 2.30. The highest BCUT2D eigenvalue weighted by molar-refractivity contribution is 5.98. The highest BCUT2D eigenvalue weighted by Crippen LogP contribution is 2.22. The number of aromatic nitrogens is 3. The smallest absolute Gasteiger partial charge is 0.331 e. The number of carbonyl (C=O) groups excluding carboxylic acids is 3. The Balaban J connectivity index is 1.59. The molecule has 0 bridgehead atoms. The number of pyridine rings is 1. The van der Waals surface area contributed by atoms with Crippen molar-refractivity contribution in [1.82, 2.24) is 19.4 Å². The molecule has 1 aliphatic rings. The fraction of sp³-hybridized carbons (Fsp3) is 0.625. The fourth-order valence-corrected chi connectivity index (χ4v) is 4.18. The summed E-state index contributed by atoms with van der Waals surface area (Å²) in [5, 5.41) is 2.38. The molecule has 1 N–H and O–H groups in total. The molecule has 1 atom stereocenters. The monoisotopic (exact) mass is 458 g/mol. The number of nitrogens with zero attached hydrogens (tertiary/aromatic N) is 3. The van der Waals surface area contributed by atoms with Crippen LogP contribution in [0.25, 0.3) is 11.2 Å². The second-order valence-electron chi connectivity index (χ2n) is 9.58. The van der Waals surface area contributed by atoms with Crippen LogP contribution in [0.2, 0.25) is 0 Å². The Kier molecular flexibility index (Phi) is 8.05. The van der Waals surface area contributed by atoms with Gasteiger partial charge in [-0.05, 0) is 58.6 Å². The summed E-state index contributed by atoms with van der Waals surface area (Å²) in [6, 6.07) is 2.87. The van der Waals surface area contributed by atoms with Crippen LogP contribution in [-0.4, -0.2) is 37.5 Å². The molecule has 0 aromatic carbocycles. The van der Waals surface area contributed by atoms with Gasteiger partial charge in [-0.2, -0.15) is 0 Å². The van der Waals surface area contributed by atoms with E-state index in [0.717, 1.165) is 32.1 Å². The van der Waals surface area contributed by atoms with E-state index in [2.05, 4.69) is 10.3 Å². The predicted molar refractivity (Wildman–Crippen MR) is 124 cm³/mol. The van der Waals surface area contributed by atoms with Crippen LogP contribution in [0, 0.1) is 0 Å². The second-order valence-corrected chi connectivity index (χ2v) is 9.58. The number of nitrogens with one attached hydrogen (secondary N) is 1. The number of amides is 2. The lowest BCUT2D eigenvalue weighted by Gasteiger charge is -2.19. The predicted octanol–water partition coefficient (Wildman–Crippen LogP) is 3.25. The van der Waals surface area contributed by atoms with Gasteiger partial charge >= 0.3 is 11.7 Å². The molecule has 1 unspecified atom stereocenters. The summed E-state index contributed by atoms with van der Waals surface area (Å²) in [4.78, 5) is 53.7. The van der Waals surface area contributed by atoms with Gasteiger partial charge in [0, 0.05) is 25.6 Å². The van der Waals surface area contributed by atoms with Gasteiger partial charge in [0.15, 0.2) is 5.65 Å². The number of rotatable bonds is 9. The van der Waals surface area contributed by atoms with Crippen LogP contribution in [-0.2, 0) is 25.7 Å². The van der Waals surface area contributed by atoms with Gasteiger partial charge in [-0.25, -0.2) is 9.78 Å². The van der Waals surface area contributed by atoms with E-state index in [9.17, 15) is 19.2 Å². The van der Waals surface area contributed by atoms with Crippen molar-refractivity contribution in [3.05, 3.63) is 28.8 Å². The molecule has 9 heteroatoms. The van der Waals surface area contributed by atoms with E-state index >= 15 is 0 Å². The normalized spacial score (nSPS) is 17.1. The molecule has 1 saturated heterocycles. The van der Waals surface area contributed by atoms with E-state index in [1.54, 1.807) is 16.8 Å². The molecule has 0 aliphatic carbocycles. The first kappa shape index (κ1) is 24.7. The van der Waals surface area contributed by atoms with Gasteiger partial charge in [0.05, 0.1) is 5.52 Å². The summed E-state index contributed by atoms with van der Waals surface area (Å²) in [6.07, 6.45) is 7.65. The van der Waals surface area contributed by atoms with Crippen LogP contribution in [0.5, 0.6) is 0 Å². The van der Waals surface area contributed by atoms with E-state index in [1.807, 2.05) is 26.8 Å². The lowest BCUT2D eigenvalue weighted by Crippen LogP contribution is -2.38. The third kappa shape index (κ3) is 6.52. The van der Waals surface area contributed by atoms with Crippen LogP contribution in [0.4, 0.5) is 0 Å². The first-order chi connectivity index (χ1) is 15.7. The molecule has 3 rings (SSSR count). The third-order valence-corrected chi connectivity index (χ3v) is 5.66. The van der Waals surface area contributed by atoms with Gasteiger partial charge in [0.2, 0.25) is 11.8 Å². The Morgan fingerprint density at radius 2 is 1.88 bits per heavy atom. The topological polar surface area (TPSA) is 112 Å². The van der Waals surface area contributed by atoms with Gasteiger partial charge in [-0.3, -0.25) is 28.8 Å². The number of unbranched alkanes of at least 4 members (excludes halogenated alkanes) is 4. The van der Waals surface area contributed by atoms with E-state index in [-0.39, 0.29) is 24.0 Å². The van der Waals surface area contributed by atoms with Crippen LogP contribution < -0.4 is 11.0 Å². The van der Waals surface area contributed by atoms with Gasteiger partial charge < -0.3 is 4.74 Å². The summed E-state index contributed by atoms with van der Waals surface area (Å²) < 4.78 is 8.42. The number of fused-ring (bicyclic) bond motifs is 1. The minimum Gasteiger partial charge on any atom is -0.460 e. The SMILES string of the molecule is CC(C)(C)OC(=O)CCCCCCCn1c(=O)n(C2CCCC(=O)NC2=O)c2ncccc21. The molecule has 2 amide bonds. The molecular formula is C24H34N4O5. The van der Waals surface area contributed by atoms with Crippen molar-refractivity contribution in [2.75, 3.05) is 0 Å². The van der Waals surface area contributed by atoms with E-state index < -0.39 is 17.6 Å². The number of hydrogen-bond donors (Lipinski definition) is 1. The highest BCUT2D eigenvalue weighted by atomic mass is 16.6. The lowest BCUT2D eigenvalue weighted by atomic mass is 10.1. The molecule has 9 nitrogen and oxygen atoms in total. The molecule has 33 heavy (non-hydrogen) atoms. The summed E-state index contributed by atoms with van der Waals surface area (Å²) in [7, 11) is 0. The number of esters is 1. The van der Waals surface area contributed by atoms with Crippen LogP contribution in [0.15, 0.2) is 23.1 Å². The molecule has 0 spiro atoms. The fourth-order valence-electron chi connectivity index (χ4n) is 4.18. The molecule has 0 saturated carbocycles. The minimum absolute atomic E-state index is 0.168. The van der Waals surface area contributed by atoms with Crippen molar-refractivity contribution in [3.63, 3.8) is 0 Å². The summed E-state index contributed by atoms with van der Waals surface area (Å²) >= 11 is 0. The van der Waals surface area contributed by atoms with Crippen LogP contribution in [0.3, 0.4) is 0 Å². The number of ether oxygens (including phenoxy) is 1. The number of carbonyl (C=O) groups is 3. The maximum atomic E-state index is 13.3. The molecule has 0 radical (unpaired) electrons. The third-order valence-electron chi connectivity index (χ3n) is 5.66. The number of imide groups is 1. The average molecular weight is 459 g/mol. The Morgan fingerprint density at radius 1 is 1.15 bits per heavy atom. The Bertz CT molecular complexity index is 1060. The lowest BCUT2D eigenvalue weighted by molar-refractivity contribution is -0.155. The molecule has 2 aromatic rings. The zero-order valence-corrected chi connectivity index (χ0v) is 19.8. The van der Waals surface area contributed by atoms with Gasteiger partial charge in [-0.1, -0.05) is 19.3 Å². The van der Waals surface area contributed by atoms with Crippen LogP contribution in [0.1, 0.15) is 84.6 Å². The van der Waals surface area contributed by atoms with Crippen molar-refractivity contribution in [2.45, 2.75) is 96.7 Å². The average Bonchev–Trinajstić information content (AvgIpc) is 2.89. The number of aryl methyl sites for hydroxylation is 1. The maximum absolute atomic E-state index is 13.3. The van der Waals surface area contributed by atoms with Crippen LogP contribution >= 0.6 is 0 Å². The summed E-state index contributed by atoms with van der Waals surface area (Å²) in [5.41, 5.74) is 0.430. The largest absolute Gasteiger partial charge is 0.460 e. The zero-order valence-electron chi connectivity index (χ0n) is 19.8. The van der Waals surface area contributed by atoms with Crippen molar-refractivity contribution in [3.8, 4) is 0 Å². The number of hydrogen-bond acceptors (Lipinski definition) is 6. The first-order valence-electron chi connectivity index (χ1n) is 11.8. The van der Waals surface area contributed by atoms with Gasteiger partial charge in [0.1, 0.15) is 11.6 Å². The van der Waals surface area contributed by atoms with Gasteiger partial charge in [0.25, 0.3) is 0 Å². The first-order valence-corrected chi connectivity index (χ1v) is 11.8. The van der Waals surface area contributed by atoms with Crippen molar-refractivity contribution >= 4 is 28.9 Å². The quantitative estimate of drug-likeness (QED) is 0.351. The summed E-state index contributed by atoms with van der Waals surface area (Å²) in [5.74, 6) is -0.924. The molecule has 2 aromatic heterocycles. The van der Waals surface area contributed by atoms with Crippen molar-refractivity contribution in [2.24, 2.45) is 0 Å². The second kappa shape index (κ2) is 10.8. The molecule has 180 valence electrons. The standard InChI is InChI=1S/C24H34N4O5/c1-24(2,3)33-20(30)14-7-5-4-6-8-16-27-17-12-10-15-25-21(17)28(23(27)32)18-11-9-13-19(29)26-22(18)31/h10,12,15,18H,4-9,11,13-14,16H2,1-3H3,(H,26,29,31). The van der Waals surface area contributed by atoms with Crippen molar-refractivity contribution < 1.29 is 19.1 Å². The van der Waals surface area contributed by atoms with E-state index in [1.165, 1.54) is 4.57 Å². The Morgan fingerprint density at radius 3 is 2.64 bits per heavy atom. The van der Waals surface area contributed by atoms with E-state index in [0.29, 0.717) is 37.0 Å². The molecule has 1 fully saturated rings. The molecule has 1 aliphatic heterocycles. The van der Waals surface area contributed by atoms with Crippen molar-refractivity contribution in [1.29, 1.82) is 0 Å². The molecule has 3 heterocycles. The minimum atomic E-state index is -0.740. The molecular weight excluding hydrogens is 424 g/mol. The summed E-state index contributed by atoms with van der Waals surface area (Å²) in [6.45, 7) is 6.11. The zero-order chi connectivity index (χ0) is 24.0. The van der Waals surface area contributed by atoms with Gasteiger partial charge in [-0.15, -0.1) is 0 Å². The Hall–Kier alpha value is -2.97.